The van der Waals surface area contributed by atoms with Crippen LogP contribution in [0, 0.1) is 5.92 Å². The largest absolute Gasteiger partial charge is 0.504 e. The molecule has 1 aromatic carbocycles. The van der Waals surface area contributed by atoms with E-state index in [2.05, 4.69) is 29.2 Å². The third-order valence-electron chi connectivity index (χ3n) is 6.34. The van der Waals surface area contributed by atoms with E-state index in [0.29, 0.717) is 29.7 Å². The standard InChI is InChI=1S/C19H24N2O4/c1-21-7-6-19-10-13(20-23)16(25-3)9-12(19)14(21)8-11-4-5-15(24-2)18(22)17(11)19/h4-5,9,12,14,22-23H,6-8,10H2,1-3H3/b20-13+/t12-,14+,19+/m0/s1. The zero-order valence-corrected chi connectivity index (χ0v) is 14.8. The average molecular weight is 344 g/mol. The predicted octanol–water partition coefficient (Wildman–Crippen LogP) is 2.28. The monoisotopic (exact) mass is 344 g/mol. The fourth-order valence-corrected chi connectivity index (χ4v) is 5.14. The highest BCUT2D eigenvalue weighted by molar-refractivity contribution is 6.00. The van der Waals surface area contributed by atoms with Crippen LogP contribution in [-0.2, 0) is 16.6 Å². The van der Waals surface area contributed by atoms with Crippen LogP contribution in [0.1, 0.15) is 24.0 Å². The van der Waals surface area contributed by atoms with Gasteiger partial charge >= 0.3 is 0 Å². The van der Waals surface area contributed by atoms with Gasteiger partial charge in [-0.15, -0.1) is 0 Å². The van der Waals surface area contributed by atoms with Crippen LogP contribution in [-0.4, -0.2) is 54.8 Å². The SMILES string of the molecule is COC1=C[C@H]2[C@H]3Cc4ccc(OC)c(O)c4[C@]2(CCN3C)C/C1=N\O. The molecular weight excluding hydrogens is 320 g/mol. The van der Waals surface area contributed by atoms with Gasteiger partial charge in [0.1, 0.15) is 11.5 Å². The van der Waals surface area contributed by atoms with Crippen molar-refractivity contribution in [3.8, 4) is 11.5 Å². The molecule has 2 aliphatic carbocycles. The first-order valence-corrected chi connectivity index (χ1v) is 8.62. The smallest absolute Gasteiger partial charge is 0.161 e. The Morgan fingerprint density at radius 3 is 2.76 bits per heavy atom. The maximum absolute atomic E-state index is 10.9. The number of allylic oxidation sites excluding steroid dienone is 1. The number of likely N-dealkylation sites (tertiary alicyclic amines) is 1. The lowest BCUT2D eigenvalue weighted by Gasteiger charge is -2.57. The van der Waals surface area contributed by atoms with Gasteiger partial charge in [-0.3, -0.25) is 0 Å². The molecule has 0 spiro atoms. The van der Waals surface area contributed by atoms with Crippen molar-refractivity contribution in [1.29, 1.82) is 0 Å². The highest BCUT2D eigenvalue weighted by Crippen LogP contribution is 2.57. The van der Waals surface area contributed by atoms with Crippen LogP contribution in [0.5, 0.6) is 11.5 Å². The Balaban J connectivity index is 1.98. The number of nitrogens with zero attached hydrogens (tertiary/aromatic N) is 2. The third-order valence-corrected chi connectivity index (χ3v) is 6.34. The normalized spacial score (nSPS) is 32.6. The molecule has 3 atom stereocenters. The lowest BCUT2D eigenvalue weighted by Crippen LogP contribution is -2.60. The number of ether oxygens (including phenoxy) is 2. The Labute approximate surface area is 147 Å². The summed E-state index contributed by atoms with van der Waals surface area (Å²) in [6, 6.07) is 4.23. The number of hydrogen-bond acceptors (Lipinski definition) is 6. The number of hydrogen-bond donors (Lipinski definition) is 2. The number of fused-ring (bicyclic) bond motifs is 1. The van der Waals surface area contributed by atoms with Crippen LogP contribution in [0.15, 0.2) is 29.1 Å². The van der Waals surface area contributed by atoms with E-state index in [1.165, 1.54) is 0 Å². The van der Waals surface area contributed by atoms with E-state index in [0.717, 1.165) is 30.5 Å². The van der Waals surface area contributed by atoms with E-state index in [1.807, 2.05) is 6.07 Å². The van der Waals surface area contributed by atoms with Crippen LogP contribution >= 0.6 is 0 Å². The maximum Gasteiger partial charge on any atom is 0.161 e. The number of likely N-dealkylation sites (N-methyl/N-ethyl adjacent to an activating group) is 1. The molecule has 0 saturated carbocycles. The maximum atomic E-state index is 10.9. The quantitative estimate of drug-likeness (QED) is 0.636. The molecule has 2 N–H and O–H groups in total. The Morgan fingerprint density at radius 2 is 2.08 bits per heavy atom. The highest BCUT2D eigenvalue weighted by atomic mass is 16.5. The fourth-order valence-electron chi connectivity index (χ4n) is 5.14. The van der Waals surface area contributed by atoms with Crippen molar-refractivity contribution in [3.63, 3.8) is 0 Å². The van der Waals surface area contributed by atoms with Crippen molar-refractivity contribution in [2.24, 2.45) is 11.1 Å². The summed E-state index contributed by atoms with van der Waals surface area (Å²) in [7, 11) is 5.33. The topological polar surface area (TPSA) is 74.5 Å². The molecule has 0 unspecified atom stereocenters. The summed E-state index contributed by atoms with van der Waals surface area (Å²) in [6.45, 7) is 0.937. The summed E-state index contributed by atoms with van der Waals surface area (Å²) in [4.78, 5) is 2.39. The second-order valence-electron chi connectivity index (χ2n) is 7.29. The zero-order valence-electron chi connectivity index (χ0n) is 14.8. The average Bonchev–Trinajstić information content (AvgIpc) is 2.63. The number of piperidine rings is 1. The summed E-state index contributed by atoms with van der Waals surface area (Å²) < 4.78 is 10.8. The predicted molar refractivity (Wildman–Crippen MR) is 93.5 cm³/mol. The number of benzene rings is 1. The Hall–Kier alpha value is -2.21. The summed E-state index contributed by atoms with van der Waals surface area (Å²) >= 11 is 0. The van der Waals surface area contributed by atoms with Crippen LogP contribution < -0.4 is 4.74 Å². The lowest BCUT2D eigenvalue weighted by atomic mass is 9.53. The van der Waals surface area contributed by atoms with Crippen molar-refractivity contribution in [2.75, 3.05) is 27.8 Å². The van der Waals surface area contributed by atoms with Gasteiger partial charge < -0.3 is 24.7 Å². The van der Waals surface area contributed by atoms with Gasteiger partial charge in [0, 0.05) is 29.4 Å². The van der Waals surface area contributed by atoms with Crippen LogP contribution in [0.4, 0.5) is 0 Å². The molecule has 4 rings (SSSR count). The Bertz CT molecular complexity index is 773. The molecule has 1 aromatic rings. The molecule has 1 aliphatic heterocycles. The second-order valence-corrected chi connectivity index (χ2v) is 7.29. The van der Waals surface area contributed by atoms with E-state index >= 15 is 0 Å². The molecule has 6 heteroatoms. The van der Waals surface area contributed by atoms with Crippen LogP contribution in [0.25, 0.3) is 0 Å². The molecule has 1 heterocycles. The van der Waals surface area contributed by atoms with Crippen LogP contribution in [0.2, 0.25) is 0 Å². The summed E-state index contributed by atoms with van der Waals surface area (Å²) in [5.74, 6) is 1.54. The second kappa shape index (κ2) is 5.66. The van der Waals surface area contributed by atoms with Crippen molar-refractivity contribution in [1.82, 2.24) is 4.90 Å². The molecule has 0 amide bonds. The minimum absolute atomic E-state index is 0.192. The molecule has 0 radical (unpaired) electrons. The number of phenolic OH excluding ortho intramolecular Hbond substituents is 1. The van der Waals surface area contributed by atoms with Gasteiger partial charge in [0.25, 0.3) is 0 Å². The fraction of sp³-hybridized carbons (Fsp3) is 0.526. The van der Waals surface area contributed by atoms with Crippen molar-refractivity contribution < 1.29 is 19.8 Å². The molecule has 134 valence electrons. The number of aromatic hydroxyl groups is 1. The first kappa shape index (κ1) is 16.3. The molecule has 3 aliphatic rings. The van der Waals surface area contributed by atoms with Gasteiger partial charge in [-0.25, -0.2) is 0 Å². The van der Waals surface area contributed by atoms with Crippen molar-refractivity contribution in [3.05, 3.63) is 35.1 Å². The number of oxime groups is 1. The Morgan fingerprint density at radius 1 is 1.28 bits per heavy atom. The van der Waals surface area contributed by atoms with E-state index in [4.69, 9.17) is 9.47 Å². The molecule has 2 bridgehead atoms. The molecule has 0 aromatic heterocycles. The lowest BCUT2D eigenvalue weighted by molar-refractivity contribution is 0.0520. The Kier molecular flexibility index (Phi) is 3.68. The minimum atomic E-state index is -0.299. The van der Waals surface area contributed by atoms with Gasteiger partial charge in [0.2, 0.25) is 0 Å². The molecular formula is C19H24N2O4. The summed E-state index contributed by atoms with van der Waals surface area (Å²) in [5, 5.41) is 23.9. The van der Waals surface area contributed by atoms with Crippen LogP contribution in [0.3, 0.4) is 0 Å². The third kappa shape index (κ3) is 2.10. The van der Waals surface area contributed by atoms with E-state index < -0.39 is 0 Å². The van der Waals surface area contributed by atoms with Gasteiger partial charge in [-0.2, -0.15) is 0 Å². The van der Waals surface area contributed by atoms with E-state index in [-0.39, 0.29) is 17.1 Å². The van der Waals surface area contributed by atoms with E-state index in [9.17, 15) is 10.3 Å². The van der Waals surface area contributed by atoms with Gasteiger partial charge in [0.05, 0.1) is 14.2 Å². The molecule has 25 heavy (non-hydrogen) atoms. The van der Waals surface area contributed by atoms with Gasteiger partial charge in [-0.1, -0.05) is 11.2 Å². The minimum Gasteiger partial charge on any atom is -0.504 e. The number of methoxy groups -OCH3 is 2. The summed E-state index contributed by atoms with van der Waals surface area (Å²) in [5.41, 5.74) is 2.34. The first-order chi connectivity index (χ1) is 12.1. The molecule has 6 nitrogen and oxygen atoms in total. The van der Waals surface area contributed by atoms with Crippen molar-refractivity contribution >= 4 is 5.71 Å². The van der Waals surface area contributed by atoms with E-state index in [1.54, 1.807) is 14.2 Å². The van der Waals surface area contributed by atoms with Gasteiger partial charge in [0.15, 0.2) is 11.5 Å². The van der Waals surface area contributed by atoms with Gasteiger partial charge in [-0.05, 0) is 44.1 Å². The number of rotatable bonds is 2. The zero-order chi connectivity index (χ0) is 17.8. The number of phenols is 1. The molecule has 1 saturated heterocycles. The highest BCUT2D eigenvalue weighted by Gasteiger charge is 2.56. The summed E-state index contributed by atoms with van der Waals surface area (Å²) in [6.07, 6.45) is 4.38. The van der Waals surface area contributed by atoms with Crippen molar-refractivity contribution in [2.45, 2.75) is 30.7 Å². The molecule has 1 fully saturated rings. The first-order valence-electron chi connectivity index (χ1n) is 8.62.